The summed E-state index contributed by atoms with van der Waals surface area (Å²) in [5, 5.41) is 0. The normalized spacial score (nSPS) is 16.5. The van der Waals surface area contributed by atoms with E-state index in [0.29, 0.717) is 6.61 Å². The lowest BCUT2D eigenvalue weighted by Crippen LogP contribution is -2.23. The fourth-order valence-electron chi connectivity index (χ4n) is 1.15. The van der Waals surface area contributed by atoms with Crippen molar-refractivity contribution in [2.45, 2.75) is 51.6 Å². The second-order valence-corrected chi connectivity index (χ2v) is 6.05. The molecule has 0 aliphatic heterocycles. The highest BCUT2D eigenvalue weighted by Crippen LogP contribution is 2.37. The molecule has 6 heteroatoms. The molecule has 0 heterocycles. The fourth-order valence-corrected chi connectivity index (χ4v) is 1.53. The molecule has 0 aromatic rings. The Morgan fingerprint density at radius 3 is 2.44 bits per heavy atom. The lowest BCUT2D eigenvalue weighted by molar-refractivity contribution is -0.143. The van der Waals surface area contributed by atoms with E-state index in [0.717, 1.165) is 25.7 Å². The first kappa shape index (κ1) is 15.6. The van der Waals surface area contributed by atoms with E-state index in [1.807, 2.05) is 0 Å². The SMILES string of the molecule is CCCCCCCOC(=O)[C@H](C)P(N)(=O)O. The molecule has 0 bridgehead atoms. The molecule has 0 aliphatic rings. The van der Waals surface area contributed by atoms with Gasteiger partial charge in [0.15, 0.2) is 0 Å². The van der Waals surface area contributed by atoms with Crippen LogP contribution in [0.3, 0.4) is 0 Å². The van der Waals surface area contributed by atoms with Crippen molar-refractivity contribution in [3.8, 4) is 0 Å². The average Bonchev–Trinajstić information content (AvgIpc) is 2.20. The second kappa shape index (κ2) is 7.82. The van der Waals surface area contributed by atoms with E-state index in [2.05, 4.69) is 6.92 Å². The zero-order valence-electron chi connectivity index (χ0n) is 10.0. The number of ether oxygens (including phenoxy) is 1. The van der Waals surface area contributed by atoms with Gasteiger partial charge in [0.05, 0.1) is 6.61 Å². The van der Waals surface area contributed by atoms with E-state index in [1.165, 1.54) is 13.3 Å². The number of hydrogen-bond donors (Lipinski definition) is 2. The van der Waals surface area contributed by atoms with Crippen molar-refractivity contribution in [3.05, 3.63) is 0 Å². The molecule has 0 fully saturated rings. The zero-order valence-corrected chi connectivity index (χ0v) is 10.9. The van der Waals surface area contributed by atoms with Crippen LogP contribution in [0.25, 0.3) is 0 Å². The van der Waals surface area contributed by atoms with Crippen molar-refractivity contribution in [1.82, 2.24) is 0 Å². The molecule has 0 aromatic heterocycles. The minimum atomic E-state index is -3.85. The number of carbonyl (C=O) groups is 1. The van der Waals surface area contributed by atoms with Crippen LogP contribution >= 0.6 is 7.52 Å². The van der Waals surface area contributed by atoms with Crippen molar-refractivity contribution in [3.63, 3.8) is 0 Å². The molecular formula is C10H22NO4P. The molecule has 96 valence electrons. The molecule has 1 unspecified atom stereocenters. The van der Waals surface area contributed by atoms with Crippen molar-refractivity contribution in [1.29, 1.82) is 0 Å². The first-order chi connectivity index (χ1) is 7.39. The summed E-state index contributed by atoms with van der Waals surface area (Å²) in [5.41, 5.74) is 3.82. The maximum atomic E-state index is 11.2. The van der Waals surface area contributed by atoms with Gasteiger partial charge in [-0.15, -0.1) is 0 Å². The zero-order chi connectivity index (χ0) is 12.6. The Bertz CT molecular complexity index is 251. The van der Waals surface area contributed by atoms with Crippen LogP contribution in [-0.2, 0) is 14.1 Å². The number of hydrogen-bond acceptors (Lipinski definition) is 3. The topological polar surface area (TPSA) is 89.6 Å². The Morgan fingerprint density at radius 1 is 1.38 bits per heavy atom. The molecule has 2 atom stereocenters. The first-order valence-electron chi connectivity index (χ1n) is 5.67. The summed E-state index contributed by atoms with van der Waals surface area (Å²) in [4.78, 5) is 20.2. The second-order valence-electron chi connectivity index (χ2n) is 3.93. The van der Waals surface area contributed by atoms with Gasteiger partial charge < -0.3 is 9.63 Å². The highest BCUT2D eigenvalue weighted by atomic mass is 31.2. The number of nitrogens with two attached hydrogens (primary N) is 1. The van der Waals surface area contributed by atoms with Gasteiger partial charge in [-0.1, -0.05) is 32.6 Å². The molecule has 5 nitrogen and oxygen atoms in total. The van der Waals surface area contributed by atoms with Crippen molar-refractivity contribution in [2.75, 3.05) is 6.61 Å². The van der Waals surface area contributed by atoms with Gasteiger partial charge in [0.1, 0.15) is 5.66 Å². The maximum Gasteiger partial charge on any atom is 0.319 e. The minimum absolute atomic E-state index is 0.298. The van der Waals surface area contributed by atoms with Gasteiger partial charge in [0.2, 0.25) is 0 Å². The molecule has 0 radical (unpaired) electrons. The molecule has 0 amide bonds. The Balaban J connectivity index is 3.62. The first-order valence-corrected chi connectivity index (χ1v) is 7.47. The van der Waals surface area contributed by atoms with Crippen molar-refractivity contribution >= 4 is 13.5 Å². The molecule has 0 aliphatic carbocycles. The maximum absolute atomic E-state index is 11.2. The van der Waals surface area contributed by atoms with Crippen LogP contribution in [0.15, 0.2) is 0 Å². The van der Waals surface area contributed by atoms with E-state index >= 15 is 0 Å². The summed E-state index contributed by atoms with van der Waals surface area (Å²) in [7, 11) is -3.85. The average molecular weight is 251 g/mol. The van der Waals surface area contributed by atoms with Crippen molar-refractivity contribution < 1.29 is 19.0 Å². The molecule has 0 spiro atoms. The molecule has 0 saturated carbocycles. The van der Waals surface area contributed by atoms with Gasteiger partial charge >= 0.3 is 5.97 Å². The molecule has 0 aromatic carbocycles. The third kappa shape index (κ3) is 6.99. The predicted octanol–water partition coefficient (Wildman–Crippen LogP) is 2.03. The number of esters is 1. The van der Waals surface area contributed by atoms with Gasteiger partial charge in [0, 0.05) is 0 Å². The predicted molar refractivity (Wildman–Crippen MR) is 63.2 cm³/mol. The quantitative estimate of drug-likeness (QED) is 0.391. The van der Waals surface area contributed by atoms with Crippen LogP contribution in [0.2, 0.25) is 0 Å². The van der Waals surface area contributed by atoms with Crippen LogP contribution in [0, 0.1) is 0 Å². The molecular weight excluding hydrogens is 229 g/mol. The Hall–Kier alpha value is -0.380. The molecule has 0 saturated heterocycles. The standard InChI is InChI=1S/C10H22NO4P/c1-3-4-5-6-7-8-15-10(12)9(2)16(11,13)14/h9H,3-8H2,1-2H3,(H3,11,13,14)/t9-/m0/s1. The Labute approximate surface area is 96.9 Å². The Kier molecular flexibility index (Phi) is 7.64. The number of carbonyl (C=O) groups excluding carboxylic acids is 1. The van der Waals surface area contributed by atoms with Crippen LogP contribution in [0.5, 0.6) is 0 Å². The number of rotatable bonds is 8. The molecule has 16 heavy (non-hydrogen) atoms. The largest absolute Gasteiger partial charge is 0.465 e. The molecule has 0 rings (SSSR count). The summed E-state index contributed by atoms with van der Waals surface area (Å²) in [6.07, 6.45) is 5.27. The lowest BCUT2D eigenvalue weighted by atomic mass is 10.2. The van der Waals surface area contributed by atoms with E-state index in [1.54, 1.807) is 0 Å². The summed E-state index contributed by atoms with van der Waals surface area (Å²) in [6, 6.07) is 0. The van der Waals surface area contributed by atoms with Crippen LogP contribution in [0.4, 0.5) is 0 Å². The van der Waals surface area contributed by atoms with Crippen LogP contribution in [0.1, 0.15) is 46.0 Å². The van der Waals surface area contributed by atoms with Crippen LogP contribution < -0.4 is 5.50 Å². The van der Waals surface area contributed by atoms with Gasteiger partial charge in [-0.05, 0) is 13.3 Å². The highest BCUT2D eigenvalue weighted by molar-refractivity contribution is 7.57. The van der Waals surface area contributed by atoms with Gasteiger partial charge in [0.25, 0.3) is 7.52 Å². The summed E-state index contributed by atoms with van der Waals surface area (Å²) in [5.74, 6) is -0.691. The van der Waals surface area contributed by atoms with Crippen molar-refractivity contribution in [2.24, 2.45) is 5.50 Å². The summed E-state index contributed by atoms with van der Waals surface area (Å²) < 4.78 is 15.8. The smallest absolute Gasteiger partial charge is 0.319 e. The lowest BCUT2D eigenvalue weighted by Gasteiger charge is -2.13. The minimum Gasteiger partial charge on any atom is -0.465 e. The van der Waals surface area contributed by atoms with Gasteiger partial charge in [-0.25, -0.2) is 0 Å². The third-order valence-corrected chi connectivity index (χ3v) is 3.71. The van der Waals surface area contributed by atoms with E-state index in [9.17, 15) is 9.36 Å². The van der Waals surface area contributed by atoms with Gasteiger partial charge in [-0.3, -0.25) is 14.9 Å². The van der Waals surface area contributed by atoms with Gasteiger partial charge in [-0.2, -0.15) is 0 Å². The van der Waals surface area contributed by atoms with E-state index < -0.39 is 19.1 Å². The summed E-state index contributed by atoms with van der Waals surface area (Å²) in [6.45, 7) is 3.73. The van der Waals surface area contributed by atoms with Crippen LogP contribution in [-0.4, -0.2) is 23.1 Å². The summed E-state index contributed by atoms with van der Waals surface area (Å²) >= 11 is 0. The Morgan fingerprint density at radius 2 is 1.94 bits per heavy atom. The fraction of sp³-hybridized carbons (Fsp3) is 0.900. The number of unbranched alkanes of at least 4 members (excludes halogenated alkanes) is 4. The monoisotopic (exact) mass is 251 g/mol. The van der Waals surface area contributed by atoms with E-state index in [4.69, 9.17) is 15.1 Å². The molecule has 3 N–H and O–H groups in total. The highest BCUT2D eigenvalue weighted by Gasteiger charge is 2.30. The van der Waals surface area contributed by atoms with E-state index in [-0.39, 0.29) is 0 Å². The third-order valence-electron chi connectivity index (χ3n) is 2.39.